The number of hydrogen-bond acceptors (Lipinski definition) is 5. The first kappa shape index (κ1) is 14.9. The summed E-state index contributed by atoms with van der Waals surface area (Å²) in [7, 11) is 0. The van der Waals surface area contributed by atoms with Crippen molar-refractivity contribution < 1.29 is 9.18 Å². The zero-order chi connectivity index (χ0) is 16.7. The fourth-order valence-electron chi connectivity index (χ4n) is 2.78. The zero-order valence-electron chi connectivity index (χ0n) is 12.8. The Morgan fingerprint density at radius 1 is 1.42 bits per heavy atom. The van der Waals surface area contributed by atoms with Crippen LogP contribution in [-0.4, -0.2) is 26.1 Å². The molecule has 6 nitrogen and oxygen atoms in total. The summed E-state index contributed by atoms with van der Waals surface area (Å²) in [5.74, 6) is 0.0848. The molecule has 4 rings (SSSR count). The summed E-state index contributed by atoms with van der Waals surface area (Å²) >= 11 is 1.62. The molecule has 2 atom stereocenters. The standard InChI is InChI=1S/C16H14FN5OS/c1-9-19-20-21-22(9)11-2-3-14(17)15(6-11)18-16(23)13-7-12(13)10-4-5-24-8-10/h2-6,8,12-13H,7H2,1H3,(H,18,23)/t12-,13+/m0/s1. The molecule has 0 bridgehead atoms. The number of nitrogens with zero attached hydrogens (tertiary/aromatic N) is 4. The lowest BCUT2D eigenvalue weighted by molar-refractivity contribution is -0.117. The number of carbonyl (C=O) groups excluding carboxylic acids is 1. The molecule has 0 unspecified atom stereocenters. The Balaban J connectivity index is 1.52. The quantitative estimate of drug-likeness (QED) is 0.790. The van der Waals surface area contributed by atoms with Crippen molar-refractivity contribution in [1.29, 1.82) is 0 Å². The van der Waals surface area contributed by atoms with Crippen LogP contribution >= 0.6 is 11.3 Å². The van der Waals surface area contributed by atoms with Crippen molar-refractivity contribution in [1.82, 2.24) is 20.2 Å². The van der Waals surface area contributed by atoms with Crippen LogP contribution < -0.4 is 5.32 Å². The second-order valence-corrected chi connectivity index (χ2v) is 6.58. The van der Waals surface area contributed by atoms with E-state index in [0.717, 1.165) is 6.42 Å². The average Bonchev–Trinajstić information content (AvgIpc) is 2.97. The number of anilines is 1. The first-order valence-electron chi connectivity index (χ1n) is 7.51. The topological polar surface area (TPSA) is 72.7 Å². The summed E-state index contributed by atoms with van der Waals surface area (Å²) in [6.45, 7) is 1.75. The van der Waals surface area contributed by atoms with Crippen molar-refractivity contribution in [3.63, 3.8) is 0 Å². The lowest BCUT2D eigenvalue weighted by atomic mass is 10.2. The molecule has 0 saturated heterocycles. The van der Waals surface area contributed by atoms with Crippen molar-refractivity contribution in [2.24, 2.45) is 5.92 Å². The molecular formula is C16H14FN5OS. The van der Waals surface area contributed by atoms with Gasteiger partial charge in [0.2, 0.25) is 5.91 Å². The third-order valence-corrected chi connectivity index (χ3v) is 4.88. The molecule has 3 aromatic rings. The molecule has 1 aromatic carbocycles. The molecule has 2 heterocycles. The maximum Gasteiger partial charge on any atom is 0.228 e. The van der Waals surface area contributed by atoms with Gasteiger partial charge in [0.05, 0.1) is 11.4 Å². The Labute approximate surface area is 141 Å². The molecule has 1 N–H and O–H groups in total. The molecule has 0 spiro atoms. The lowest BCUT2D eigenvalue weighted by Crippen LogP contribution is -2.16. The van der Waals surface area contributed by atoms with Crippen molar-refractivity contribution in [2.45, 2.75) is 19.3 Å². The highest BCUT2D eigenvalue weighted by Gasteiger charge is 2.44. The summed E-state index contributed by atoms with van der Waals surface area (Å²) in [5, 5.41) is 18.0. The number of benzene rings is 1. The van der Waals surface area contributed by atoms with Crippen molar-refractivity contribution in [3.8, 4) is 5.69 Å². The zero-order valence-corrected chi connectivity index (χ0v) is 13.6. The Morgan fingerprint density at radius 3 is 3.00 bits per heavy atom. The van der Waals surface area contributed by atoms with E-state index in [4.69, 9.17) is 0 Å². The average molecular weight is 343 g/mol. The van der Waals surface area contributed by atoms with Gasteiger partial charge in [0, 0.05) is 5.92 Å². The van der Waals surface area contributed by atoms with Crippen LogP contribution in [0.25, 0.3) is 5.69 Å². The summed E-state index contributed by atoms with van der Waals surface area (Å²) in [6.07, 6.45) is 0.802. The molecule has 24 heavy (non-hydrogen) atoms. The van der Waals surface area contributed by atoms with E-state index in [-0.39, 0.29) is 23.4 Å². The molecule has 1 aliphatic rings. The SMILES string of the molecule is Cc1nnnn1-c1ccc(F)c(NC(=O)[C@@H]2C[C@H]2c2ccsc2)c1. The van der Waals surface area contributed by atoms with Gasteiger partial charge in [0.1, 0.15) is 5.82 Å². The Morgan fingerprint density at radius 2 is 2.29 bits per heavy atom. The van der Waals surface area contributed by atoms with E-state index in [1.165, 1.54) is 16.3 Å². The molecule has 1 fully saturated rings. The molecule has 1 aliphatic carbocycles. The molecule has 0 radical (unpaired) electrons. The van der Waals surface area contributed by atoms with Crippen LogP contribution in [0, 0.1) is 18.7 Å². The van der Waals surface area contributed by atoms with Gasteiger partial charge in [-0.3, -0.25) is 4.79 Å². The lowest BCUT2D eigenvalue weighted by Gasteiger charge is -2.09. The number of thiophene rings is 1. The number of tetrazole rings is 1. The van der Waals surface area contributed by atoms with Gasteiger partial charge in [-0.25, -0.2) is 4.39 Å². The van der Waals surface area contributed by atoms with Crippen LogP contribution in [0.1, 0.15) is 23.7 Å². The predicted molar refractivity (Wildman–Crippen MR) is 87.6 cm³/mol. The summed E-state index contributed by atoms with van der Waals surface area (Å²) in [4.78, 5) is 12.4. The van der Waals surface area contributed by atoms with Gasteiger partial charge < -0.3 is 5.32 Å². The third-order valence-electron chi connectivity index (χ3n) is 4.18. The molecule has 1 amide bonds. The highest BCUT2D eigenvalue weighted by Crippen LogP contribution is 2.48. The van der Waals surface area contributed by atoms with Gasteiger partial charge in [-0.2, -0.15) is 16.0 Å². The summed E-state index contributed by atoms with van der Waals surface area (Å²) in [6, 6.07) is 6.44. The molecule has 8 heteroatoms. The van der Waals surface area contributed by atoms with Gasteiger partial charge in [0.15, 0.2) is 5.82 Å². The molecule has 0 aliphatic heterocycles. The second-order valence-electron chi connectivity index (χ2n) is 5.80. The number of aryl methyl sites for hydroxylation is 1. The first-order chi connectivity index (χ1) is 11.6. The molecule has 1 saturated carbocycles. The molecular weight excluding hydrogens is 329 g/mol. The fraction of sp³-hybridized carbons (Fsp3) is 0.250. The predicted octanol–water partition coefficient (Wildman–Crippen LogP) is 2.91. The van der Waals surface area contributed by atoms with E-state index in [9.17, 15) is 9.18 Å². The normalized spacial score (nSPS) is 19.2. The van der Waals surface area contributed by atoms with Crippen LogP contribution in [0.2, 0.25) is 0 Å². The maximum atomic E-state index is 14.1. The highest BCUT2D eigenvalue weighted by atomic mass is 32.1. The number of carbonyl (C=O) groups is 1. The second kappa shape index (κ2) is 5.79. The largest absolute Gasteiger partial charge is 0.323 e. The smallest absolute Gasteiger partial charge is 0.228 e. The van der Waals surface area contributed by atoms with Crippen LogP contribution in [0.3, 0.4) is 0 Å². The van der Waals surface area contributed by atoms with E-state index in [2.05, 4.69) is 26.2 Å². The van der Waals surface area contributed by atoms with Crippen LogP contribution in [-0.2, 0) is 4.79 Å². The highest BCUT2D eigenvalue weighted by molar-refractivity contribution is 7.08. The van der Waals surface area contributed by atoms with Gasteiger partial charge in [0.25, 0.3) is 0 Å². The summed E-state index contributed by atoms with van der Waals surface area (Å²) < 4.78 is 15.5. The number of nitrogens with one attached hydrogen (secondary N) is 1. The van der Waals surface area contributed by atoms with Crippen molar-refractivity contribution >= 4 is 22.9 Å². The Bertz CT molecular complexity index is 892. The van der Waals surface area contributed by atoms with Crippen LogP contribution in [0.15, 0.2) is 35.0 Å². The van der Waals surface area contributed by atoms with Crippen LogP contribution in [0.4, 0.5) is 10.1 Å². The number of halogens is 1. The van der Waals surface area contributed by atoms with Gasteiger partial charge in [-0.1, -0.05) is 0 Å². The minimum Gasteiger partial charge on any atom is -0.323 e. The van der Waals surface area contributed by atoms with Crippen LogP contribution in [0.5, 0.6) is 0 Å². The third kappa shape index (κ3) is 2.69. The van der Waals surface area contributed by atoms with E-state index in [1.54, 1.807) is 30.4 Å². The van der Waals surface area contributed by atoms with Crippen molar-refractivity contribution in [2.75, 3.05) is 5.32 Å². The molecule has 122 valence electrons. The number of rotatable bonds is 4. The minimum atomic E-state index is -0.481. The first-order valence-corrected chi connectivity index (χ1v) is 8.45. The monoisotopic (exact) mass is 343 g/mol. The van der Waals surface area contributed by atoms with E-state index in [1.807, 2.05) is 11.4 Å². The van der Waals surface area contributed by atoms with Gasteiger partial charge in [-0.05, 0) is 70.3 Å². The Hall–Kier alpha value is -2.61. The van der Waals surface area contributed by atoms with Crippen molar-refractivity contribution in [3.05, 3.63) is 52.2 Å². The number of aromatic nitrogens is 4. The number of amides is 1. The minimum absolute atomic E-state index is 0.0996. The maximum absolute atomic E-state index is 14.1. The van der Waals surface area contributed by atoms with E-state index < -0.39 is 5.82 Å². The van der Waals surface area contributed by atoms with E-state index in [0.29, 0.717) is 11.5 Å². The van der Waals surface area contributed by atoms with Gasteiger partial charge in [-0.15, -0.1) is 5.10 Å². The molecule has 2 aromatic heterocycles. The fourth-order valence-corrected chi connectivity index (χ4v) is 3.50. The van der Waals surface area contributed by atoms with Gasteiger partial charge >= 0.3 is 0 Å². The number of hydrogen-bond donors (Lipinski definition) is 1. The van der Waals surface area contributed by atoms with E-state index >= 15 is 0 Å². The summed E-state index contributed by atoms with van der Waals surface area (Å²) in [5.41, 5.74) is 1.92. The Kier molecular flexibility index (Phi) is 3.61.